The molecule has 0 atom stereocenters. The number of rotatable bonds is 8. The molecule has 0 radical (unpaired) electrons. The van der Waals surface area contributed by atoms with Crippen LogP contribution >= 0.6 is 0 Å². The van der Waals surface area contributed by atoms with E-state index in [2.05, 4.69) is 9.71 Å². The van der Waals surface area contributed by atoms with Crippen molar-refractivity contribution < 1.29 is 18.3 Å². The summed E-state index contributed by atoms with van der Waals surface area (Å²) in [5.74, 6) is 0. The highest BCUT2D eigenvalue weighted by Crippen LogP contribution is 2.04. The molecule has 0 bridgehead atoms. The van der Waals surface area contributed by atoms with E-state index in [0.717, 1.165) is 0 Å². The van der Waals surface area contributed by atoms with E-state index in [1.165, 1.54) is 12.5 Å². The van der Waals surface area contributed by atoms with Gasteiger partial charge in [0.2, 0.25) is 0 Å². The van der Waals surface area contributed by atoms with E-state index in [1.807, 2.05) is 6.92 Å². The lowest BCUT2D eigenvalue weighted by Gasteiger charge is -2.04. The number of imidazole rings is 1. The number of aromatic nitrogens is 2. The van der Waals surface area contributed by atoms with Crippen LogP contribution in [0, 0.1) is 0 Å². The third kappa shape index (κ3) is 4.43. The maximum absolute atomic E-state index is 11.7. The molecule has 17 heavy (non-hydrogen) atoms. The van der Waals surface area contributed by atoms with E-state index < -0.39 is 10.0 Å². The fourth-order valence-corrected chi connectivity index (χ4v) is 2.10. The summed E-state index contributed by atoms with van der Waals surface area (Å²) in [6.07, 6.45) is 2.94. The monoisotopic (exact) mass is 263 g/mol. The smallest absolute Gasteiger partial charge is 0.259 e. The van der Waals surface area contributed by atoms with Crippen molar-refractivity contribution in [1.82, 2.24) is 14.3 Å². The van der Waals surface area contributed by atoms with E-state index in [4.69, 9.17) is 9.84 Å². The summed E-state index contributed by atoms with van der Waals surface area (Å²) in [6, 6.07) is 0. The predicted molar refractivity (Wildman–Crippen MR) is 61.0 cm³/mol. The minimum atomic E-state index is -3.56. The van der Waals surface area contributed by atoms with Gasteiger partial charge in [-0.15, -0.1) is 0 Å². The quantitative estimate of drug-likeness (QED) is 0.598. The highest BCUT2D eigenvalue weighted by Gasteiger charge is 2.16. The Hall–Kier alpha value is -0.960. The van der Waals surface area contributed by atoms with Gasteiger partial charge in [-0.1, -0.05) is 0 Å². The van der Waals surface area contributed by atoms with Crippen LogP contribution in [-0.2, 0) is 21.3 Å². The van der Waals surface area contributed by atoms with Crippen LogP contribution in [0.5, 0.6) is 0 Å². The first-order valence-electron chi connectivity index (χ1n) is 5.30. The number of sulfonamides is 1. The lowest BCUT2D eigenvalue weighted by atomic mass is 10.7. The Morgan fingerprint density at radius 1 is 1.53 bits per heavy atom. The molecular weight excluding hydrogens is 246 g/mol. The summed E-state index contributed by atoms with van der Waals surface area (Å²) in [5, 5.41) is 8.46. The Balaban J connectivity index is 2.45. The minimum absolute atomic E-state index is 0.00140. The standard InChI is InChI=1S/C9H17N3O4S/c1-2-12-7-9(10-8-12)17(14,15)11-3-5-16-6-4-13/h7-8,11,13H,2-6H2,1H3. The van der Waals surface area contributed by atoms with Gasteiger partial charge >= 0.3 is 0 Å². The van der Waals surface area contributed by atoms with Gasteiger partial charge in [0, 0.05) is 19.3 Å². The maximum Gasteiger partial charge on any atom is 0.259 e. The van der Waals surface area contributed by atoms with Gasteiger partial charge in [0.25, 0.3) is 10.0 Å². The number of nitrogens with zero attached hydrogens (tertiary/aromatic N) is 2. The highest BCUT2D eigenvalue weighted by molar-refractivity contribution is 7.89. The average molecular weight is 263 g/mol. The SMILES string of the molecule is CCn1cnc(S(=O)(=O)NCCOCCO)c1. The Morgan fingerprint density at radius 2 is 2.29 bits per heavy atom. The van der Waals surface area contributed by atoms with E-state index in [1.54, 1.807) is 4.57 Å². The Kier molecular flexibility index (Phi) is 5.56. The van der Waals surface area contributed by atoms with Crippen LogP contribution in [0.1, 0.15) is 6.92 Å². The predicted octanol–water partition coefficient (Wildman–Crippen LogP) is -0.810. The third-order valence-corrected chi connectivity index (χ3v) is 3.37. The molecule has 0 saturated carbocycles. The molecule has 1 rings (SSSR count). The van der Waals surface area contributed by atoms with Gasteiger partial charge in [-0.3, -0.25) is 0 Å². The van der Waals surface area contributed by atoms with Gasteiger partial charge in [-0.2, -0.15) is 0 Å². The van der Waals surface area contributed by atoms with Gasteiger partial charge in [0.15, 0.2) is 5.03 Å². The van der Waals surface area contributed by atoms with Gasteiger partial charge in [-0.05, 0) is 6.92 Å². The topological polar surface area (TPSA) is 93.5 Å². The number of hydrogen-bond donors (Lipinski definition) is 2. The van der Waals surface area contributed by atoms with Crippen LogP contribution in [0.4, 0.5) is 0 Å². The first kappa shape index (κ1) is 14.1. The molecule has 0 aromatic carbocycles. The average Bonchev–Trinajstić information content (AvgIpc) is 2.78. The third-order valence-electron chi connectivity index (χ3n) is 2.02. The molecule has 0 unspecified atom stereocenters. The molecule has 0 aliphatic rings. The summed E-state index contributed by atoms with van der Waals surface area (Å²) < 4.78 is 32.4. The highest BCUT2D eigenvalue weighted by atomic mass is 32.2. The summed E-state index contributed by atoms with van der Waals surface area (Å²) in [6.45, 7) is 3.06. The van der Waals surface area contributed by atoms with Crippen molar-refractivity contribution >= 4 is 10.0 Å². The summed E-state index contributed by atoms with van der Waals surface area (Å²) in [7, 11) is -3.56. The lowest BCUT2D eigenvalue weighted by molar-refractivity contribution is 0.0961. The molecule has 0 fully saturated rings. The van der Waals surface area contributed by atoms with Crippen molar-refractivity contribution in [1.29, 1.82) is 0 Å². The molecule has 98 valence electrons. The van der Waals surface area contributed by atoms with Gasteiger partial charge < -0.3 is 14.4 Å². The van der Waals surface area contributed by atoms with Crippen LogP contribution in [0.25, 0.3) is 0 Å². The second kappa shape index (κ2) is 6.70. The first-order chi connectivity index (χ1) is 8.10. The van der Waals surface area contributed by atoms with E-state index in [9.17, 15) is 8.42 Å². The molecule has 0 aliphatic carbocycles. The van der Waals surface area contributed by atoms with Crippen molar-refractivity contribution in [2.24, 2.45) is 0 Å². The fraction of sp³-hybridized carbons (Fsp3) is 0.667. The Labute approximate surface area is 100 Å². The number of aryl methyl sites for hydroxylation is 1. The van der Waals surface area contributed by atoms with E-state index >= 15 is 0 Å². The first-order valence-corrected chi connectivity index (χ1v) is 6.78. The normalized spacial score (nSPS) is 11.9. The largest absolute Gasteiger partial charge is 0.394 e. The van der Waals surface area contributed by atoms with Crippen molar-refractivity contribution in [3.8, 4) is 0 Å². The molecule has 1 aromatic heterocycles. The molecule has 0 saturated heterocycles. The number of ether oxygens (including phenoxy) is 1. The van der Waals surface area contributed by atoms with Crippen molar-refractivity contribution in [2.45, 2.75) is 18.5 Å². The molecule has 0 amide bonds. The number of nitrogens with one attached hydrogen (secondary N) is 1. The summed E-state index contributed by atoms with van der Waals surface area (Å²) in [4.78, 5) is 3.81. The minimum Gasteiger partial charge on any atom is -0.394 e. The molecule has 2 N–H and O–H groups in total. The lowest BCUT2D eigenvalue weighted by Crippen LogP contribution is -2.28. The van der Waals surface area contributed by atoms with Gasteiger partial charge in [0.05, 0.1) is 26.1 Å². The van der Waals surface area contributed by atoms with Crippen molar-refractivity contribution in [3.63, 3.8) is 0 Å². The molecule has 7 nitrogen and oxygen atoms in total. The van der Waals surface area contributed by atoms with E-state index in [-0.39, 0.29) is 31.4 Å². The number of aliphatic hydroxyl groups is 1. The van der Waals surface area contributed by atoms with E-state index in [0.29, 0.717) is 6.54 Å². The van der Waals surface area contributed by atoms with Crippen LogP contribution in [0.2, 0.25) is 0 Å². The van der Waals surface area contributed by atoms with Crippen LogP contribution in [0.15, 0.2) is 17.6 Å². The molecular formula is C9H17N3O4S. The fourth-order valence-electron chi connectivity index (χ4n) is 1.14. The molecule has 8 heteroatoms. The number of aliphatic hydroxyl groups excluding tert-OH is 1. The molecule has 1 heterocycles. The van der Waals surface area contributed by atoms with Gasteiger partial charge in [0.1, 0.15) is 0 Å². The Bertz CT molecular complexity index is 429. The Morgan fingerprint density at radius 3 is 2.88 bits per heavy atom. The molecule has 0 spiro atoms. The molecule has 0 aliphatic heterocycles. The van der Waals surface area contributed by atoms with Crippen LogP contribution in [0.3, 0.4) is 0 Å². The second-order valence-corrected chi connectivity index (χ2v) is 4.99. The zero-order valence-corrected chi connectivity index (χ0v) is 10.5. The number of hydrogen-bond acceptors (Lipinski definition) is 5. The summed E-state index contributed by atoms with van der Waals surface area (Å²) >= 11 is 0. The maximum atomic E-state index is 11.7. The zero-order chi connectivity index (χ0) is 12.7. The molecule has 1 aromatic rings. The van der Waals surface area contributed by atoms with Crippen LogP contribution in [-0.4, -0.2) is 49.4 Å². The summed E-state index contributed by atoms with van der Waals surface area (Å²) in [5.41, 5.74) is 0. The van der Waals surface area contributed by atoms with Crippen LogP contribution < -0.4 is 4.72 Å². The van der Waals surface area contributed by atoms with Gasteiger partial charge in [-0.25, -0.2) is 18.1 Å². The van der Waals surface area contributed by atoms with Crippen molar-refractivity contribution in [3.05, 3.63) is 12.5 Å². The second-order valence-electron chi connectivity index (χ2n) is 3.28. The van der Waals surface area contributed by atoms with Crippen molar-refractivity contribution in [2.75, 3.05) is 26.4 Å². The zero-order valence-electron chi connectivity index (χ0n) is 9.66.